The molecule has 0 bridgehead atoms. The molecule has 1 atom stereocenters. The van der Waals surface area contributed by atoms with Crippen LogP contribution in [0.25, 0.3) is 6.08 Å². The van der Waals surface area contributed by atoms with Crippen LogP contribution in [-0.4, -0.2) is 13.8 Å². The van der Waals surface area contributed by atoms with Gasteiger partial charge >= 0.3 is 21.7 Å². The van der Waals surface area contributed by atoms with Crippen molar-refractivity contribution < 1.29 is 21.7 Å². The van der Waals surface area contributed by atoms with Gasteiger partial charge in [0.15, 0.2) is 0 Å². The van der Waals surface area contributed by atoms with E-state index in [0.717, 1.165) is 0 Å². The molecule has 110 valence electrons. The van der Waals surface area contributed by atoms with Crippen LogP contribution in [0.15, 0.2) is 30.3 Å². The topological polar surface area (TPSA) is 12.0 Å². The summed E-state index contributed by atoms with van der Waals surface area (Å²) in [5.41, 5.74) is 3.69. The molecule has 0 fully saturated rings. The molecule has 0 saturated carbocycles. The molecule has 3 heteroatoms. The molecule has 0 aliphatic heterocycles. The van der Waals surface area contributed by atoms with E-state index in [1.165, 1.54) is 11.1 Å². The summed E-state index contributed by atoms with van der Waals surface area (Å²) in [7, 11) is -1.49. The fourth-order valence-corrected chi connectivity index (χ4v) is 6.63. The summed E-state index contributed by atoms with van der Waals surface area (Å²) in [5.74, 6) is 0. The van der Waals surface area contributed by atoms with E-state index in [1.807, 2.05) is 0 Å². The fourth-order valence-electron chi connectivity index (χ4n) is 2.92. The Hall–Kier alpha value is -0.149. The van der Waals surface area contributed by atoms with Gasteiger partial charge in [0.2, 0.25) is 0 Å². The summed E-state index contributed by atoms with van der Waals surface area (Å²) in [5, 5.41) is 0. The summed E-state index contributed by atoms with van der Waals surface area (Å²) in [6, 6.07) is 8.77. The van der Waals surface area contributed by atoms with Gasteiger partial charge in [0, 0.05) is 11.1 Å². The SMILES string of the molecule is CC(C)(C)N[Si](C)(C)C1C=Cc2ccccc21.[CH3-].[CH3-].[Ti+2]. The van der Waals surface area contributed by atoms with Gasteiger partial charge in [-0.15, -0.1) is 0 Å². The predicted octanol–water partition coefficient (Wildman–Crippen LogP) is 4.83. The van der Waals surface area contributed by atoms with E-state index in [-0.39, 0.29) is 42.1 Å². The molecule has 1 aromatic rings. The molecule has 0 saturated heterocycles. The third-order valence-corrected chi connectivity index (χ3v) is 6.73. The normalized spacial score (nSPS) is 16.6. The van der Waals surface area contributed by atoms with Gasteiger partial charge in [-0.25, -0.2) is 0 Å². The van der Waals surface area contributed by atoms with E-state index in [1.54, 1.807) is 0 Å². The molecular formula is C17H29NSiTi. The van der Waals surface area contributed by atoms with E-state index in [4.69, 9.17) is 0 Å². The van der Waals surface area contributed by atoms with Crippen LogP contribution in [0.2, 0.25) is 13.1 Å². The van der Waals surface area contributed by atoms with Crippen LogP contribution >= 0.6 is 0 Å². The van der Waals surface area contributed by atoms with Gasteiger partial charge < -0.3 is 19.8 Å². The first-order chi connectivity index (χ1) is 7.80. The first kappa shape index (κ1) is 22.1. The quantitative estimate of drug-likeness (QED) is 0.607. The van der Waals surface area contributed by atoms with Crippen molar-refractivity contribution in [1.29, 1.82) is 0 Å². The van der Waals surface area contributed by atoms with Crippen molar-refractivity contribution in [2.24, 2.45) is 0 Å². The summed E-state index contributed by atoms with van der Waals surface area (Å²) < 4.78 is 0. The van der Waals surface area contributed by atoms with Crippen LogP contribution in [0.1, 0.15) is 37.4 Å². The maximum Gasteiger partial charge on any atom is 2.00 e. The van der Waals surface area contributed by atoms with Crippen molar-refractivity contribution in [1.82, 2.24) is 4.98 Å². The molecule has 0 aromatic heterocycles. The second-order valence-corrected chi connectivity index (χ2v) is 10.9. The molecule has 0 spiro atoms. The van der Waals surface area contributed by atoms with Crippen LogP contribution < -0.4 is 4.98 Å². The maximum atomic E-state index is 3.87. The Morgan fingerprint density at radius 1 is 1.05 bits per heavy atom. The van der Waals surface area contributed by atoms with Gasteiger partial charge in [-0.1, -0.05) is 49.5 Å². The smallest absolute Gasteiger partial charge is 0.358 e. The number of hydrogen-bond acceptors (Lipinski definition) is 1. The van der Waals surface area contributed by atoms with Gasteiger partial charge in [0.25, 0.3) is 0 Å². The molecule has 0 amide bonds. The zero-order valence-electron chi connectivity index (χ0n) is 14.0. The van der Waals surface area contributed by atoms with Gasteiger partial charge in [-0.2, -0.15) is 0 Å². The average Bonchev–Trinajstić information content (AvgIpc) is 2.57. The number of fused-ring (bicyclic) bond motifs is 1. The monoisotopic (exact) mass is 323 g/mol. The number of benzene rings is 1. The molecule has 1 N–H and O–H groups in total. The third-order valence-electron chi connectivity index (χ3n) is 3.27. The van der Waals surface area contributed by atoms with Crippen LogP contribution in [0, 0.1) is 14.9 Å². The minimum Gasteiger partial charge on any atom is -0.358 e. The van der Waals surface area contributed by atoms with E-state index in [0.29, 0.717) is 5.54 Å². The van der Waals surface area contributed by atoms with Crippen LogP contribution in [0.3, 0.4) is 0 Å². The molecule has 0 heterocycles. The van der Waals surface area contributed by atoms with Crippen LogP contribution in [0.4, 0.5) is 0 Å². The van der Waals surface area contributed by atoms with Crippen molar-refractivity contribution in [3.63, 3.8) is 0 Å². The van der Waals surface area contributed by atoms with E-state index >= 15 is 0 Å². The average molecular weight is 323 g/mol. The van der Waals surface area contributed by atoms with E-state index < -0.39 is 8.24 Å². The Labute approximate surface area is 142 Å². The van der Waals surface area contributed by atoms with Crippen LogP contribution in [-0.2, 0) is 21.7 Å². The Balaban J connectivity index is 0. The Bertz CT molecular complexity index is 447. The zero-order valence-corrected chi connectivity index (χ0v) is 16.6. The van der Waals surface area contributed by atoms with Gasteiger partial charge in [-0.05, 0) is 31.9 Å². The van der Waals surface area contributed by atoms with Crippen molar-refractivity contribution in [2.45, 2.75) is 44.9 Å². The van der Waals surface area contributed by atoms with E-state index in [9.17, 15) is 0 Å². The zero-order chi connectivity index (χ0) is 12.7. The van der Waals surface area contributed by atoms with Gasteiger partial charge in [-0.3, -0.25) is 0 Å². The number of nitrogens with one attached hydrogen (secondary N) is 1. The molecule has 1 aliphatic rings. The second kappa shape index (κ2) is 7.74. The Kier molecular flexibility index (Phi) is 8.57. The van der Waals surface area contributed by atoms with Gasteiger partial charge in [0.1, 0.15) is 8.24 Å². The maximum absolute atomic E-state index is 3.87. The fraction of sp³-hybridized carbons (Fsp3) is 0.412. The molecule has 2 rings (SSSR count). The first-order valence-electron chi connectivity index (χ1n) is 6.36. The van der Waals surface area contributed by atoms with Crippen molar-refractivity contribution in [3.8, 4) is 0 Å². The van der Waals surface area contributed by atoms with E-state index in [2.05, 4.69) is 75.3 Å². The molecule has 20 heavy (non-hydrogen) atoms. The molecule has 1 unspecified atom stereocenters. The Morgan fingerprint density at radius 3 is 2.15 bits per heavy atom. The Morgan fingerprint density at radius 2 is 1.60 bits per heavy atom. The van der Waals surface area contributed by atoms with Crippen LogP contribution in [0.5, 0.6) is 0 Å². The number of hydrogen-bond donors (Lipinski definition) is 1. The summed E-state index contributed by atoms with van der Waals surface area (Å²) in [4.78, 5) is 3.87. The number of rotatable bonds is 2. The number of allylic oxidation sites excluding steroid dienone is 1. The molecule has 1 aromatic carbocycles. The third kappa shape index (κ3) is 5.00. The standard InChI is InChI=1S/C15H23NSi.2CH3.Ti/c1-15(2,3)16-17(4,5)14-11-10-12-8-6-7-9-13(12)14;;;/h6-11,14,16H,1-5H3;2*1H3;/q;2*-1;+2. The van der Waals surface area contributed by atoms with Crippen molar-refractivity contribution >= 4 is 14.3 Å². The largest absolute Gasteiger partial charge is 2.00 e. The van der Waals surface area contributed by atoms with Crippen molar-refractivity contribution in [3.05, 3.63) is 56.3 Å². The molecular weight excluding hydrogens is 294 g/mol. The summed E-state index contributed by atoms with van der Waals surface area (Å²) in [6.45, 7) is 11.6. The first-order valence-corrected chi connectivity index (χ1v) is 9.44. The molecule has 0 radical (unpaired) electrons. The predicted molar refractivity (Wildman–Crippen MR) is 91.4 cm³/mol. The summed E-state index contributed by atoms with van der Waals surface area (Å²) in [6.07, 6.45) is 4.66. The minimum atomic E-state index is -1.49. The van der Waals surface area contributed by atoms with Crippen molar-refractivity contribution in [2.75, 3.05) is 0 Å². The summed E-state index contributed by atoms with van der Waals surface area (Å²) >= 11 is 0. The molecule has 1 aliphatic carbocycles. The molecule has 1 nitrogen and oxygen atoms in total. The van der Waals surface area contributed by atoms with Gasteiger partial charge in [0.05, 0.1) is 0 Å². The minimum absolute atomic E-state index is 0. The second-order valence-electron chi connectivity index (χ2n) is 6.56.